The van der Waals surface area contributed by atoms with Crippen molar-refractivity contribution >= 4 is 12.0 Å². The van der Waals surface area contributed by atoms with Gasteiger partial charge in [0.2, 0.25) is 5.91 Å². The second-order valence-electron chi connectivity index (χ2n) is 5.25. The molecule has 1 saturated heterocycles. The van der Waals surface area contributed by atoms with E-state index in [-0.39, 0.29) is 30.6 Å². The monoisotopic (exact) mass is 275 g/mol. The summed E-state index contributed by atoms with van der Waals surface area (Å²) in [5, 5.41) is 0. The smallest absolute Gasteiger partial charge is 0.416 e. The first kappa shape index (κ1) is 13.1. The third-order valence-corrected chi connectivity index (χ3v) is 3.86. The summed E-state index contributed by atoms with van der Waals surface area (Å²) in [5.74, 6) is -0.357. The fourth-order valence-corrected chi connectivity index (χ4v) is 2.64. The van der Waals surface area contributed by atoms with E-state index < -0.39 is 6.09 Å². The van der Waals surface area contributed by atoms with E-state index in [4.69, 9.17) is 9.47 Å². The molecule has 1 aliphatic heterocycles. The van der Waals surface area contributed by atoms with Crippen molar-refractivity contribution in [1.29, 1.82) is 0 Å². The second kappa shape index (κ2) is 5.25. The number of benzene rings is 1. The number of cyclic esters (lactones) is 1. The number of carbonyl (C=O) groups excluding carboxylic acids is 2. The summed E-state index contributed by atoms with van der Waals surface area (Å²) in [5.41, 5.74) is 1.09. The minimum absolute atomic E-state index is 0.0479. The Kier molecular flexibility index (Phi) is 3.44. The van der Waals surface area contributed by atoms with Crippen LogP contribution in [0.25, 0.3) is 0 Å². The van der Waals surface area contributed by atoms with Crippen LogP contribution in [0.1, 0.15) is 12.0 Å². The molecule has 20 heavy (non-hydrogen) atoms. The molecule has 5 nitrogen and oxygen atoms in total. The predicted octanol–water partition coefficient (Wildman–Crippen LogP) is 1.61. The summed E-state index contributed by atoms with van der Waals surface area (Å²) in [6.07, 6.45) is 0.741. The van der Waals surface area contributed by atoms with Gasteiger partial charge in [0.25, 0.3) is 0 Å². The topological polar surface area (TPSA) is 55.8 Å². The van der Waals surface area contributed by atoms with E-state index >= 15 is 0 Å². The van der Waals surface area contributed by atoms with Gasteiger partial charge >= 0.3 is 6.09 Å². The van der Waals surface area contributed by atoms with Gasteiger partial charge in [-0.25, -0.2) is 9.69 Å². The molecule has 0 spiro atoms. The van der Waals surface area contributed by atoms with Crippen molar-refractivity contribution in [3.63, 3.8) is 0 Å². The second-order valence-corrected chi connectivity index (χ2v) is 5.25. The number of amides is 2. The van der Waals surface area contributed by atoms with E-state index in [1.54, 1.807) is 7.11 Å². The number of nitrogens with zero attached hydrogens (tertiary/aromatic N) is 1. The summed E-state index contributed by atoms with van der Waals surface area (Å²) in [4.78, 5) is 25.4. The average molecular weight is 275 g/mol. The molecule has 1 aromatic rings. The lowest BCUT2D eigenvalue weighted by molar-refractivity contribution is -0.131. The maximum Gasteiger partial charge on any atom is 0.416 e. The minimum atomic E-state index is -0.530. The fourth-order valence-electron chi connectivity index (χ4n) is 2.64. The zero-order valence-corrected chi connectivity index (χ0v) is 11.3. The molecule has 0 aromatic heterocycles. The molecule has 2 fully saturated rings. The van der Waals surface area contributed by atoms with Gasteiger partial charge in [-0.3, -0.25) is 4.79 Å². The van der Waals surface area contributed by atoms with Crippen LogP contribution in [0.3, 0.4) is 0 Å². The van der Waals surface area contributed by atoms with Crippen LogP contribution in [0.15, 0.2) is 30.3 Å². The molecule has 0 N–H and O–H groups in total. The molecular formula is C15H17NO4. The maximum absolute atomic E-state index is 12.3. The standard InChI is InChI=1S/C15H17NO4/c1-19-13-8-12(13)14(17)16-11(9-20-15(16)18)7-10-5-3-2-4-6-10/h2-6,11-13H,7-9H2,1H3/t11?,12-,13-/m1/s1. The maximum atomic E-state index is 12.3. The van der Waals surface area contributed by atoms with Crippen LogP contribution in [0.4, 0.5) is 4.79 Å². The number of methoxy groups -OCH3 is 1. The van der Waals surface area contributed by atoms with E-state index in [1.807, 2.05) is 30.3 Å². The molecule has 3 rings (SSSR count). The van der Waals surface area contributed by atoms with Crippen molar-refractivity contribution in [2.24, 2.45) is 5.92 Å². The van der Waals surface area contributed by atoms with Gasteiger partial charge in [0.05, 0.1) is 18.1 Å². The van der Waals surface area contributed by atoms with Crippen LogP contribution in [0.2, 0.25) is 0 Å². The molecule has 1 heterocycles. The number of ether oxygens (including phenoxy) is 2. The summed E-state index contributed by atoms with van der Waals surface area (Å²) in [6.45, 7) is 0.268. The zero-order chi connectivity index (χ0) is 14.1. The highest BCUT2D eigenvalue weighted by Crippen LogP contribution is 2.36. The summed E-state index contributed by atoms with van der Waals surface area (Å²) >= 11 is 0. The summed E-state index contributed by atoms with van der Waals surface area (Å²) in [7, 11) is 1.59. The van der Waals surface area contributed by atoms with Crippen molar-refractivity contribution in [2.45, 2.75) is 25.0 Å². The van der Waals surface area contributed by atoms with Gasteiger partial charge in [0.1, 0.15) is 6.61 Å². The first-order valence-electron chi connectivity index (χ1n) is 6.77. The van der Waals surface area contributed by atoms with E-state index in [2.05, 4.69) is 0 Å². The molecule has 1 unspecified atom stereocenters. The highest BCUT2D eigenvalue weighted by molar-refractivity contribution is 5.96. The van der Waals surface area contributed by atoms with Gasteiger partial charge in [0, 0.05) is 7.11 Å². The quantitative estimate of drug-likeness (QED) is 0.837. The first-order chi connectivity index (χ1) is 9.70. The fraction of sp³-hybridized carbons (Fsp3) is 0.467. The Balaban J connectivity index is 1.71. The van der Waals surface area contributed by atoms with Gasteiger partial charge < -0.3 is 9.47 Å². The Morgan fingerprint density at radius 1 is 1.40 bits per heavy atom. The van der Waals surface area contributed by atoms with Gasteiger partial charge in [-0.1, -0.05) is 30.3 Å². The normalized spacial score (nSPS) is 28.4. The van der Waals surface area contributed by atoms with Crippen LogP contribution in [-0.2, 0) is 20.7 Å². The van der Waals surface area contributed by atoms with Crippen LogP contribution in [-0.4, -0.2) is 42.8 Å². The Morgan fingerprint density at radius 2 is 2.15 bits per heavy atom. The van der Waals surface area contributed by atoms with Crippen molar-refractivity contribution in [2.75, 3.05) is 13.7 Å². The van der Waals surface area contributed by atoms with Crippen LogP contribution in [0.5, 0.6) is 0 Å². The van der Waals surface area contributed by atoms with E-state index in [9.17, 15) is 9.59 Å². The number of imide groups is 1. The lowest BCUT2D eigenvalue weighted by Gasteiger charge is -2.19. The minimum Gasteiger partial charge on any atom is -0.447 e. The lowest BCUT2D eigenvalue weighted by Crippen LogP contribution is -2.41. The highest BCUT2D eigenvalue weighted by atomic mass is 16.6. The summed E-state index contributed by atoms with van der Waals surface area (Å²) in [6, 6.07) is 9.59. The third-order valence-electron chi connectivity index (χ3n) is 3.86. The van der Waals surface area contributed by atoms with Gasteiger partial charge in [-0.15, -0.1) is 0 Å². The Morgan fingerprint density at radius 3 is 2.80 bits per heavy atom. The van der Waals surface area contributed by atoms with Gasteiger partial charge in [0.15, 0.2) is 0 Å². The first-order valence-corrected chi connectivity index (χ1v) is 6.77. The van der Waals surface area contributed by atoms with Gasteiger partial charge in [-0.2, -0.15) is 0 Å². The van der Waals surface area contributed by atoms with E-state index in [0.717, 1.165) is 5.56 Å². The van der Waals surface area contributed by atoms with Crippen LogP contribution < -0.4 is 0 Å². The predicted molar refractivity (Wildman–Crippen MR) is 71.0 cm³/mol. The summed E-state index contributed by atoms with van der Waals surface area (Å²) < 4.78 is 10.2. The Labute approximate surface area is 117 Å². The van der Waals surface area contributed by atoms with Crippen molar-refractivity contribution in [3.8, 4) is 0 Å². The number of hydrogen-bond donors (Lipinski definition) is 0. The number of hydrogen-bond acceptors (Lipinski definition) is 4. The molecule has 5 heteroatoms. The molecule has 2 aliphatic rings. The molecule has 0 bridgehead atoms. The molecule has 3 atom stereocenters. The zero-order valence-electron chi connectivity index (χ0n) is 11.3. The van der Waals surface area contributed by atoms with Gasteiger partial charge in [-0.05, 0) is 18.4 Å². The third kappa shape index (κ3) is 2.41. The molecule has 1 aliphatic carbocycles. The Bertz CT molecular complexity index is 516. The van der Waals surface area contributed by atoms with Crippen molar-refractivity contribution in [1.82, 2.24) is 4.90 Å². The van der Waals surface area contributed by atoms with Crippen LogP contribution >= 0.6 is 0 Å². The number of carbonyl (C=O) groups is 2. The SMILES string of the molecule is CO[C@@H]1C[C@H]1C(=O)N1C(=O)OCC1Cc1ccccc1. The van der Waals surface area contributed by atoms with Crippen molar-refractivity contribution in [3.05, 3.63) is 35.9 Å². The molecular weight excluding hydrogens is 258 g/mol. The molecule has 0 radical (unpaired) electrons. The largest absolute Gasteiger partial charge is 0.447 e. The highest BCUT2D eigenvalue weighted by Gasteiger charge is 2.50. The molecule has 1 aromatic carbocycles. The molecule has 2 amide bonds. The van der Waals surface area contributed by atoms with Crippen LogP contribution in [0, 0.1) is 5.92 Å². The average Bonchev–Trinajstić information content (AvgIpc) is 3.17. The molecule has 1 saturated carbocycles. The molecule has 106 valence electrons. The lowest BCUT2D eigenvalue weighted by atomic mass is 10.1. The Hall–Kier alpha value is -1.88. The number of rotatable bonds is 4. The van der Waals surface area contributed by atoms with Crippen molar-refractivity contribution < 1.29 is 19.1 Å². The van der Waals surface area contributed by atoms with E-state index in [0.29, 0.717) is 12.8 Å². The van der Waals surface area contributed by atoms with E-state index in [1.165, 1.54) is 4.90 Å².